The first-order valence-electron chi connectivity index (χ1n) is 5.71. The van der Waals surface area contributed by atoms with Crippen molar-refractivity contribution in [3.05, 3.63) is 47.8 Å². The Kier molecular flexibility index (Phi) is 2.20. The zero-order valence-corrected chi connectivity index (χ0v) is 10.3. The van der Waals surface area contributed by atoms with Gasteiger partial charge in [-0.3, -0.25) is 4.68 Å². The lowest BCUT2D eigenvalue weighted by molar-refractivity contribution is 0.728. The molecule has 0 saturated carbocycles. The van der Waals surface area contributed by atoms with Gasteiger partial charge in [0.2, 0.25) is 0 Å². The maximum Gasteiger partial charge on any atom is 0.135 e. The molecule has 0 N–H and O–H groups in total. The van der Waals surface area contributed by atoms with Gasteiger partial charge in [0.25, 0.3) is 0 Å². The summed E-state index contributed by atoms with van der Waals surface area (Å²) in [5.74, 6) is 1.02. The summed E-state index contributed by atoms with van der Waals surface area (Å²) < 4.78 is 3.93. The predicted octanol–water partition coefficient (Wildman–Crippen LogP) is 2.54. The summed E-state index contributed by atoms with van der Waals surface area (Å²) in [5, 5.41) is 14.3. The van der Waals surface area contributed by atoms with Gasteiger partial charge in [0, 0.05) is 24.7 Å². The fourth-order valence-electron chi connectivity index (χ4n) is 2.23. The van der Waals surface area contributed by atoms with E-state index in [2.05, 4.69) is 15.7 Å². The number of aromatic nitrogens is 3. The third kappa shape index (κ3) is 1.49. The maximum atomic E-state index is 8.90. The highest BCUT2D eigenvalue weighted by Gasteiger charge is 2.08. The van der Waals surface area contributed by atoms with Crippen molar-refractivity contribution in [1.82, 2.24) is 14.3 Å². The van der Waals surface area contributed by atoms with E-state index in [4.69, 9.17) is 5.26 Å². The third-order valence-corrected chi connectivity index (χ3v) is 3.04. The van der Waals surface area contributed by atoms with Crippen molar-refractivity contribution in [1.29, 1.82) is 5.26 Å². The van der Waals surface area contributed by atoms with Gasteiger partial charge < -0.3 is 4.57 Å². The van der Waals surface area contributed by atoms with Crippen LogP contribution in [0.15, 0.2) is 36.5 Å². The third-order valence-electron chi connectivity index (χ3n) is 3.04. The fraction of sp³-hybridized carbons (Fsp3) is 0.143. The van der Waals surface area contributed by atoms with Crippen LogP contribution in [0.4, 0.5) is 0 Å². The fourth-order valence-corrected chi connectivity index (χ4v) is 2.23. The summed E-state index contributed by atoms with van der Waals surface area (Å²) in [6, 6.07) is 11.9. The smallest absolute Gasteiger partial charge is 0.135 e. The molecular formula is C14H12N4. The zero-order valence-electron chi connectivity index (χ0n) is 10.3. The number of hydrogen-bond donors (Lipinski definition) is 0. The van der Waals surface area contributed by atoms with Crippen molar-refractivity contribution in [2.75, 3.05) is 0 Å². The predicted molar refractivity (Wildman–Crippen MR) is 69.5 cm³/mol. The molecule has 1 aromatic carbocycles. The molecule has 0 radical (unpaired) electrons. The molecule has 4 nitrogen and oxygen atoms in total. The highest BCUT2D eigenvalue weighted by Crippen LogP contribution is 2.21. The minimum atomic E-state index is 0.682. The number of hydrogen-bond acceptors (Lipinski definition) is 2. The lowest BCUT2D eigenvalue weighted by atomic mass is 10.2. The first kappa shape index (κ1) is 10.6. The molecule has 0 saturated heterocycles. The van der Waals surface area contributed by atoms with Crippen LogP contribution in [0.3, 0.4) is 0 Å². The Balaban J connectivity index is 2.25. The van der Waals surface area contributed by atoms with Gasteiger partial charge >= 0.3 is 0 Å². The molecule has 3 rings (SSSR count). The molecule has 4 heteroatoms. The van der Waals surface area contributed by atoms with E-state index in [0.717, 1.165) is 22.4 Å². The van der Waals surface area contributed by atoms with Crippen LogP contribution in [0.2, 0.25) is 0 Å². The Morgan fingerprint density at radius 2 is 2.06 bits per heavy atom. The van der Waals surface area contributed by atoms with Crippen molar-refractivity contribution in [3.63, 3.8) is 0 Å². The molecule has 0 aliphatic rings. The summed E-state index contributed by atoms with van der Waals surface area (Å²) in [6.07, 6.45) is 2.00. The van der Waals surface area contributed by atoms with Crippen LogP contribution in [-0.2, 0) is 7.05 Å². The monoisotopic (exact) mass is 236 g/mol. The van der Waals surface area contributed by atoms with Crippen LogP contribution in [0.1, 0.15) is 11.3 Å². The molecular weight excluding hydrogens is 224 g/mol. The maximum absolute atomic E-state index is 8.90. The lowest BCUT2D eigenvalue weighted by Crippen LogP contribution is -2.01. The second-order valence-electron chi connectivity index (χ2n) is 4.34. The minimum Gasteiger partial charge on any atom is -0.301 e. The van der Waals surface area contributed by atoms with E-state index >= 15 is 0 Å². The second-order valence-corrected chi connectivity index (χ2v) is 4.34. The van der Waals surface area contributed by atoms with Crippen LogP contribution in [0.5, 0.6) is 0 Å². The average Bonchev–Trinajstić information content (AvgIpc) is 2.91. The van der Waals surface area contributed by atoms with Gasteiger partial charge in [-0.1, -0.05) is 0 Å². The van der Waals surface area contributed by atoms with Crippen molar-refractivity contribution in [3.8, 4) is 11.9 Å². The van der Waals surface area contributed by atoms with E-state index in [0.29, 0.717) is 5.56 Å². The molecule has 3 aromatic rings. The Labute approximate surface area is 105 Å². The first-order chi connectivity index (χ1) is 8.69. The highest BCUT2D eigenvalue weighted by molar-refractivity contribution is 5.83. The molecule has 0 amide bonds. The SMILES string of the molecule is Cc1cc(-n2ccc3cc(C#N)ccc32)n(C)n1. The van der Waals surface area contributed by atoms with Crippen LogP contribution in [0.25, 0.3) is 16.7 Å². The van der Waals surface area contributed by atoms with Gasteiger partial charge in [0.1, 0.15) is 5.82 Å². The van der Waals surface area contributed by atoms with Gasteiger partial charge in [0.05, 0.1) is 22.8 Å². The summed E-state index contributed by atoms with van der Waals surface area (Å²) in [6.45, 7) is 1.98. The van der Waals surface area contributed by atoms with Crippen LogP contribution >= 0.6 is 0 Å². The normalized spacial score (nSPS) is 10.7. The molecule has 2 aromatic heterocycles. The summed E-state index contributed by atoms with van der Waals surface area (Å²) in [7, 11) is 1.93. The van der Waals surface area contributed by atoms with Crippen molar-refractivity contribution in [2.24, 2.45) is 7.05 Å². The number of nitrogens with zero attached hydrogens (tertiary/aromatic N) is 4. The molecule has 0 unspecified atom stereocenters. The van der Waals surface area contributed by atoms with Crippen molar-refractivity contribution < 1.29 is 0 Å². The molecule has 88 valence electrons. The number of benzene rings is 1. The average molecular weight is 236 g/mol. The van der Waals surface area contributed by atoms with E-state index in [1.54, 1.807) is 0 Å². The van der Waals surface area contributed by atoms with Crippen LogP contribution in [0, 0.1) is 18.3 Å². The first-order valence-corrected chi connectivity index (χ1v) is 5.71. The van der Waals surface area contributed by atoms with Gasteiger partial charge in [-0.15, -0.1) is 0 Å². The molecule has 2 heterocycles. The van der Waals surface area contributed by atoms with Gasteiger partial charge in [-0.2, -0.15) is 10.4 Å². The largest absolute Gasteiger partial charge is 0.301 e. The van der Waals surface area contributed by atoms with E-state index in [9.17, 15) is 0 Å². The molecule has 18 heavy (non-hydrogen) atoms. The summed E-state index contributed by atoms with van der Waals surface area (Å²) in [4.78, 5) is 0. The second kappa shape index (κ2) is 3.74. The molecule has 0 bridgehead atoms. The standard InChI is InChI=1S/C14H12N4/c1-10-7-14(17(2)16-10)18-6-5-12-8-11(9-15)3-4-13(12)18/h3-8H,1-2H3. The quantitative estimate of drug-likeness (QED) is 0.651. The summed E-state index contributed by atoms with van der Waals surface area (Å²) in [5.41, 5.74) is 2.75. The van der Waals surface area contributed by atoms with Crippen molar-refractivity contribution >= 4 is 10.9 Å². The minimum absolute atomic E-state index is 0.682. The zero-order chi connectivity index (χ0) is 12.7. The number of nitriles is 1. The van der Waals surface area contributed by atoms with Crippen LogP contribution < -0.4 is 0 Å². The topological polar surface area (TPSA) is 46.5 Å². The molecule has 0 aliphatic heterocycles. The number of rotatable bonds is 1. The van der Waals surface area contributed by atoms with E-state index in [1.165, 1.54) is 0 Å². The van der Waals surface area contributed by atoms with E-state index in [-0.39, 0.29) is 0 Å². The summed E-state index contributed by atoms with van der Waals surface area (Å²) >= 11 is 0. The van der Waals surface area contributed by atoms with Crippen LogP contribution in [-0.4, -0.2) is 14.3 Å². The Morgan fingerprint density at radius 1 is 1.22 bits per heavy atom. The molecule has 0 fully saturated rings. The Hall–Kier alpha value is -2.54. The lowest BCUT2D eigenvalue weighted by Gasteiger charge is -2.05. The van der Waals surface area contributed by atoms with Gasteiger partial charge in [-0.25, -0.2) is 0 Å². The molecule has 0 atom stereocenters. The Morgan fingerprint density at radius 3 is 2.72 bits per heavy atom. The van der Waals surface area contributed by atoms with E-state index < -0.39 is 0 Å². The number of fused-ring (bicyclic) bond motifs is 1. The van der Waals surface area contributed by atoms with Gasteiger partial charge in [-0.05, 0) is 31.2 Å². The van der Waals surface area contributed by atoms with Crippen molar-refractivity contribution in [2.45, 2.75) is 6.92 Å². The van der Waals surface area contributed by atoms with Gasteiger partial charge in [0.15, 0.2) is 0 Å². The molecule has 0 spiro atoms. The molecule has 0 aliphatic carbocycles. The highest BCUT2D eigenvalue weighted by atomic mass is 15.3. The van der Waals surface area contributed by atoms with E-state index in [1.807, 2.05) is 55.2 Å². The number of aryl methyl sites for hydroxylation is 2. The Bertz CT molecular complexity index is 771.